The van der Waals surface area contributed by atoms with E-state index in [4.69, 9.17) is 16.7 Å². The van der Waals surface area contributed by atoms with E-state index in [2.05, 4.69) is 5.32 Å². The fourth-order valence-electron chi connectivity index (χ4n) is 1.47. The molecule has 0 fully saturated rings. The Bertz CT molecular complexity index is 432. The molecule has 1 aromatic rings. The van der Waals surface area contributed by atoms with Crippen molar-refractivity contribution in [1.82, 2.24) is 5.32 Å². The van der Waals surface area contributed by atoms with Gasteiger partial charge in [0, 0.05) is 18.5 Å². The molecule has 0 radical (unpaired) electrons. The van der Waals surface area contributed by atoms with Gasteiger partial charge in [-0.1, -0.05) is 13.8 Å². The number of carbonyl (C=O) groups is 1. The molecule has 0 heterocycles. The predicted octanol–water partition coefficient (Wildman–Crippen LogP) is 2.48. The van der Waals surface area contributed by atoms with Gasteiger partial charge < -0.3 is 15.5 Å². The summed E-state index contributed by atoms with van der Waals surface area (Å²) in [5, 5.41) is 21.4. The fraction of sp³-hybridized carbons (Fsp3) is 0.462. The first kappa shape index (κ1) is 14.6. The lowest BCUT2D eigenvalue weighted by molar-refractivity contribution is 0.0933. The van der Waals surface area contributed by atoms with Gasteiger partial charge in [0.05, 0.1) is 5.56 Å². The third-order valence-corrected chi connectivity index (χ3v) is 2.91. The van der Waals surface area contributed by atoms with Gasteiger partial charge in [-0.25, -0.2) is 0 Å². The molecule has 0 aliphatic heterocycles. The van der Waals surface area contributed by atoms with Gasteiger partial charge in [-0.2, -0.15) is 0 Å². The van der Waals surface area contributed by atoms with Crippen LogP contribution in [0.15, 0.2) is 18.2 Å². The number of phenolic OH excluding ortho intramolecular Hbond substituents is 2. The topological polar surface area (TPSA) is 69.6 Å². The van der Waals surface area contributed by atoms with Crippen LogP contribution in [0.5, 0.6) is 11.5 Å². The van der Waals surface area contributed by atoms with E-state index in [0.717, 1.165) is 12.5 Å². The zero-order chi connectivity index (χ0) is 13.8. The van der Waals surface area contributed by atoms with Gasteiger partial charge in [0.15, 0.2) is 0 Å². The highest BCUT2D eigenvalue weighted by Crippen LogP contribution is 2.23. The number of nitrogens with one attached hydrogen (secondary N) is 1. The summed E-state index contributed by atoms with van der Waals surface area (Å²) < 4.78 is 0. The minimum atomic E-state index is -0.366. The average molecular weight is 272 g/mol. The smallest absolute Gasteiger partial charge is 0.255 e. The van der Waals surface area contributed by atoms with Gasteiger partial charge in [-0.15, -0.1) is 11.6 Å². The van der Waals surface area contributed by atoms with E-state index in [-0.39, 0.29) is 28.4 Å². The van der Waals surface area contributed by atoms with Crippen LogP contribution in [0.1, 0.15) is 30.6 Å². The molecular weight excluding hydrogens is 254 g/mol. The van der Waals surface area contributed by atoms with Crippen molar-refractivity contribution in [3.05, 3.63) is 23.8 Å². The van der Waals surface area contributed by atoms with Crippen LogP contribution >= 0.6 is 11.6 Å². The molecule has 1 rings (SSSR count). The van der Waals surface area contributed by atoms with E-state index in [1.165, 1.54) is 12.1 Å². The van der Waals surface area contributed by atoms with Crippen LogP contribution in [0.25, 0.3) is 0 Å². The number of aromatic hydroxyl groups is 2. The summed E-state index contributed by atoms with van der Waals surface area (Å²) in [5.41, 5.74) is 0.0544. The van der Waals surface area contributed by atoms with Gasteiger partial charge in [0.2, 0.25) is 0 Å². The summed E-state index contributed by atoms with van der Waals surface area (Å²) in [6, 6.07) is 3.88. The van der Waals surface area contributed by atoms with E-state index in [1.54, 1.807) is 0 Å². The van der Waals surface area contributed by atoms with Gasteiger partial charge in [-0.05, 0) is 24.0 Å². The van der Waals surface area contributed by atoms with Gasteiger partial charge in [0.25, 0.3) is 5.91 Å². The zero-order valence-corrected chi connectivity index (χ0v) is 11.3. The lowest BCUT2D eigenvalue weighted by Crippen LogP contribution is -2.34. The Kier molecular flexibility index (Phi) is 4.84. The zero-order valence-electron chi connectivity index (χ0n) is 10.5. The molecular formula is C13H18ClNO3. The normalized spacial score (nSPS) is 11.3. The highest BCUT2D eigenvalue weighted by Gasteiger charge is 2.19. The number of halogens is 1. The van der Waals surface area contributed by atoms with Crippen molar-refractivity contribution in [2.24, 2.45) is 5.41 Å². The van der Waals surface area contributed by atoms with E-state index in [0.29, 0.717) is 12.4 Å². The molecule has 1 amide bonds. The summed E-state index contributed by atoms with van der Waals surface area (Å²) in [7, 11) is 0. The Morgan fingerprint density at radius 3 is 2.61 bits per heavy atom. The van der Waals surface area contributed by atoms with Crippen LogP contribution in [0.3, 0.4) is 0 Å². The number of phenols is 2. The van der Waals surface area contributed by atoms with Crippen LogP contribution in [-0.2, 0) is 0 Å². The quantitative estimate of drug-likeness (QED) is 0.721. The SMILES string of the molecule is CC(C)(CCCl)CNC(=O)c1ccc(O)cc1O. The molecule has 0 aliphatic rings. The Morgan fingerprint density at radius 1 is 1.39 bits per heavy atom. The first-order chi connectivity index (χ1) is 8.35. The van der Waals surface area contributed by atoms with Crippen LogP contribution in [0.2, 0.25) is 0 Å². The Balaban J connectivity index is 2.66. The number of rotatable bonds is 5. The molecule has 18 heavy (non-hydrogen) atoms. The molecule has 3 N–H and O–H groups in total. The summed E-state index contributed by atoms with van der Waals surface area (Å²) in [5.74, 6) is -0.142. The third kappa shape index (κ3) is 4.11. The average Bonchev–Trinajstić information content (AvgIpc) is 2.26. The van der Waals surface area contributed by atoms with E-state index in [9.17, 15) is 9.90 Å². The van der Waals surface area contributed by atoms with Crippen molar-refractivity contribution in [3.8, 4) is 11.5 Å². The number of benzene rings is 1. The Labute approximate surface area is 112 Å². The molecule has 0 saturated carbocycles. The molecule has 0 atom stereocenters. The predicted molar refractivity (Wildman–Crippen MR) is 71.2 cm³/mol. The van der Waals surface area contributed by atoms with Crippen molar-refractivity contribution in [1.29, 1.82) is 0 Å². The third-order valence-electron chi connectivity index (χ3n) is 2.72. The summed E-state index contributed by atoms with van der Waals surface area (Å²) in [4.78, 5) is 11.8. The Morgan fingerprint density at radius 2 is 2.06 bits per heavy atom. The molecule has 0 aliphatic carbocycles. The van der Waals surface area contributed by atoms with Crippen molar-refractivity contribution in [2.45, 2.75) is 20.3 Å². The monoisotopic (exact) mass is 271 g/mol. The molecule has 0 aromatic heterocycles. The van der Waals surface area contributed by atoms with E-state index in [1.807, 2.05) is 13.8 Å². The molecule has 0 saturated heterocycles. The van der Waals surface area contributed by atoms with E-state index >= 15 is 0 Å². The first-order valence-electron chi connectivity index (χ1n) is 5.72. The lowest BCUT2D eigenvalue weighted by Gasteiger charge is -2.23. The largest absolute Gasteiger partial charge is 0.508 e. The van der Waals surface area contributed by atoms with Gasteiger partial charge in [0.1, 0.15) is 11.5 Å². The molecule has 1 aromatic carbocycles. The molecule has 100 valence electrons. The highest BCUT2D eigenvalue weighted by atomic mass is 35.5. The van der Waals surface area contributed by atoms with Crippen molar-refractivity contribution in [2.75, 3.05) is 12.4 Å². The molecule has 0 spiro atoms. The van der Waals surface area contributed by atoms with Gasteiger partial charge in [-0.3, -0.25) is 4.79 Å². The maximum atomic E-state index is 11.8. The second-order valence-electron chi connectivity index (χ2n) is 4.99. The number of carbonyl (C=O) groups excluding carboxylic acids is 1. The molecule has 0 bridgehead atoms. The minimum absolute atomic E-state index is 0.0773. The second kappa shape index (κ2) is 5.96. The fourth-order valence-corrected chi connectivity index (χ4v) is 1.98. The minimum Gasteiger partial charge on any atom is -0.508 e. The van der Waals surface area contributed by atoms with Crippen LogP contribution in [0.4, 0.5) is 0 Å². The number of hydrogen-bond donors (Lipinski definition) is 3. The first-order valence-corrected chi connectivity index (χ1v) is 6.25. The van der Waals surface area contributed by atoms with Crippen molar-refractivity contribution >= 4 is 17.5 Å². The molecule has 5 heteroatoms. The van der Waals surface area contributed by atoms with Crippen LogP contribution < -0.4 is 5.32 Å². The molecule has 4 nitrogen and oxygen atoms in total. The summed E-state index contributed by atoms with van der Waals surface area (Å²) in [6.07, 6.45) is 0.788. The standard InChI is InChI=1S/C13H18ClNO3/c1-13(2,5-6-14)8-15-12(18)10-4-3-9(16)7-11(10)17/h3-4,7,16-17H,5-6,8H2,1-2H3,(H,15,18). The lowest BCUT2D eigenvalue weighted by atomic mass is 9.90. The van der Waals surface area contributed by atoms with Crippen LogP contribution in [0, 0.1) is 5.41 Å². The number of hydrogen-bond acceptors (Lipinski definition) is 3. The van der Waals surface area contributed by atoms with Gasteiger partial charge >= 0.3 is 0 Å². The summed E-state index contributed by atoms with van der Waals surface area (Å²) >= 11 is 5.68. The maximum Gasteiger partial charge on any atom is 0.255 e. The van der Waals surface area contributed by atoms with Crippen LogP contribution in [-0.4, -0.2) is 28.5 Å². The Hall–Kier alpha value is -1.42. The van der Waals surface area contributed by atoms with Crippen molar-refractivity contribution < 1.29 is 15.0 Å². The molecule has 0 unspecified atom stereocenters. The summed E-state index contributed by atoms with van der Waals surface area (Å²) in [6.45, 7) is 4.48. The second-order valence-corrected chi connectivity index (χ2v) is 5.37. The number of alkyl halides is 1. The van der Waals surface area contributed by atoms with Crippen molar-refractivity contribution in [3.63, 3.8) is 0 Å². The highest BCUT2D eigenvalue weighted by molar-refractivity contribution is 6.17. The number of amides is 1. The van der Waals surface area contributed by atoms with E-state index < -0.39 is 0 Å². The maximum absolute atomic E-state index is 11.8.